The second-order valence-electron chi connectivity index (χ2n) is 3.43. The molecule has 0 aliphatic carbocycles. The van der Waals surface area contributed by atoms with E-state index in [4.69, 9.17) is 10.2 Å². The first-order valence-electron chi connectivity index (χ1n) is 4.68. The van der Waals surface area contributed by atoms with Gasteiger partial charge in [0.2, 0.25) is 5.89 Å². The molecule has 1 aromatic rings. The van der Waals surface area contributed by atoms with Crippen LogP contribution in [0.15, 0.2) is 4.42 Å². The van der Waals surface area contributed by atoms with E-state index in [1.165, 1.54) is 0 Å². The molecule has 0 radical (unpaired) electrons. The summed E-state index contributed by atoms with van der Waals surface area (Å²) in [5.41, 5.74) is 5.37. The molecule has 0 aromatic carbocycles. The van der Waals surface area contributed by atoms with Crippen LogP contribution >= 0.6 is 11.8 Å². The van der Waals surface area contributed by atoms with Gasteiger partial charge in [0.25, 0.3) is 0 Å². The van der Waals surface area contributed by atoms with E-state index in [9.17, 15) is 0 Å². The minimum atomic E-state index is 0.296. The second-order valence-corrected chi connectivity index (χ2v) is 4.90. The molecule has 14 heavy (non-hydrogen) atoms. The lowest BCUT2D eigenvalue weighted by molar-refractivity contribution is 0.501. The van der Waals surface area contributed by atoms with Crippen LogP contribution < -0.4 is 11.1 Å². The number of anilines is 1. The van der Waals surface area contributed by atoms with E-state index in [1.807, 2.05) is 11.8 Å². The predicted octanol–water partition coefficient (Wildman–Crippen LogP) is 0.834. The van der Waals surface area contributed by atoms with E-state index in [-0.39, 0.29) is 0 Å². The van der Waals surface area contributed by atoms with Crippen LogP contribution in [0.4, 0.5) is 6.01 Å². The van der Waals surface area contributed by atoms with Crippen molar-refractivity contribution in [3.8, 4) is 0 Å². The fourth-order valence-electron chi connectivity index (χ4n) is 1.49. The van der Waals surface area contributed by atoms with Crippen LogP contribution in [0.2, 0.25) is 0 Å². The maximum atomic E-state index is 5.37. The topological polar surface area (TPSA) is 77.0 Å². The Hall–Kier alpha value is -0.750. The van der Waals surface area contributed by atoms with Gasteiger partial charge in [-0.1, -0.05) is 12.0 Å². The Balaban J connectivity index is 1.90. The van der Waals surface area contributed by atoms with E-state index in [2.05, 4.69) is 22.4 Å². The highest BCUT2D eigenvalue weighted by Crippen LogP contribution is 2.27. The number of hydrogen-bond acceptors (Lipinski definition) is 6. The van der Waals surface area contributed by atoms with E-state index < -0.39 is 0 Å². The smallest absolute Gasteiger partial charge is 0.315 e. The molecule has 2 unspecified atom stereocenters. The monoisotopic (exact) mass is 214 g/mol. The Morgan fingerprint density at radius 2 is 2.50 bits per heavy atom. The molecule has 0 spiro atoms. The Labute approximate surface area is 86.8 Å². The van der Waals surface area contributed by atoms with Crippen molar-refractivity contribution in [1.29, 1.82) is 0 Å². The number of nitrogens with two attached hydrogens (primary N) is 1. The molecule has 78 valence electrons. The van der Waals surface area contributed by atoms with Crippen molar-refractivity contribution in [1.82, 2.24) is 10.2 Å². The molecule has 1 aliphatic rings. The van der Waals surface area contributed by atoms with Gasteiger partial charge in [-0.15, -0.1) is 5.10 Å². The van der Waals surface area contributed by atoms with Crippen molar-refractivity contribution in [2.75, 3.05) is 11.1 Å². The summed E-state index contributed by atoms with van der Waals surface area (Å²) < 4.78 is 5.26. The van der Waals surface area contributed by atoms with Gasteiger partial charge in [-0.25, -0.2) is 0 Å². The molecule has 5 nitrogen and oxygen atoms in total. The summed E-state index contributed by atoms with van der Waals surface area (Å²) in [6.45, 7) is 2.52. The van der Waals surface area contributed by atoms with E-state index in [0.717, 1.165) is 12.2 Å². The quantitative estimate of drug-likeness (QED) is 0.776. The third-order valence-corrected chi connectivity index (χ3v) is 3.52. The second kappa shape index (κ2) is 4.18. The molecule has 2 heterocycles. The van der Waals surface area contributed by atoms with Crippen LogP contribution in [0.5, 0.6) is 0 Å². The summed E-state index contributed by atoms with van der Waals surface area (Å²) >= 11 is 1.96. The van der Waals surface area contributed by atoms with Gasteiger partial charge in [0.1, 0.15) is 0 Å². The first-order chi connectivity index (χ1) is 6.78. The first-order valence-corrected chi connectivity index (χ1v) is 5.73. The maximum Gasteiger partial charge on any atom is 0.315 e. The lowest BCUT2D eigenvalue weighted by Crippen LogP contribution is -2.19. The number of aromatic nitrogens is 2. The molecule has 1 aliphatic heterocycles. The van der Waals surface area contributed by atoms with Crippen LogP contribution in [0.3, 0.4) is 0 Å². The van der Waals surface area contributed by atoms with Gasteiger partial charge in [-0.05, 0) is 6.42 Å². The SMILES string of the molecule is CC1CC(Nc2nnc(CN)o2)CS1. The molecule has 3 N–H and O–H groups in total. The lowest BCUT2D eigenvalue weighted by atomic mass is 10.2. The zero-order valence-corrected chi connectivity index (χ0v) is 8.88. The molecule has 1 aromatic heterocycles. The van der Waals surface area contributed by atoms with E-state index >= 15 is 0 Å². The molecule has 1 saturated heterocycles. The van der Waals surface area contributed by atoms with Gasteiger partial charge in [0.15, 0.2) is 0 Å². The van der Waals surface area contributed by atoms with Crippen LogP contribution in [-0.4, -0.2) is 27.2 Å². The fourth-order valence-corrected chi connectivity index (χ4v) is 2.64. The van der Waals surface area contributed by atoms with Gasteiger partial charge >= 0.3 is 6.01 Å². The van der Waals surface area contributed by atoms with E-state index in [0.29, 0.717) is 29.7 Å². The number of thioether (sulfide) groups is 1. The number of nitrogens with zero attached hydrogens (tertiary/aromatic N) is 2. The van der Waals surface area contributed by atoms with Crippen molar-refractivity contribution in [2.24, 2.45) is 5.73 Å². The van der Waals surface area contributed by atoms with Gasteiger partial charge < -0.3 is 15.5 Å². The Kier molecular flexibility index (Phi) is 2.93. The summed E-state index contributed by atoms with van der Waals surface area (Å²) in [5.74, 6) is 1.58. The van der Waals surface area contributed by atoms with Crippen LogP contribution in [0, 0.1) is 0 Å². The molecule has 6 heteroatoms. The Morgan fingerprint density at radius 1 is 1.64 bits per heavy atom. The van der Waals surface area contributed by atoms with Crippen LogP contribution in [-0.2, 0) is 6.54 Å². The van der Waals surface area contributed by atoms with Crippen molar-refractivity contribution >= 4 is 17.8 Å². The summed E-state index contributed by atoms with van der Waals surface area (Å²) in [6, 6.07) is 0.936. The molecule has 0 bridgehead atoms. The largest absolute Gasteiger partial charge is 0.407 e. The predicted molar refractivity (Wildman–Crippen MR) is 56.1 cm³/mol. The minimum Gasteiger partial charge on any atom is -0.407 e. The van der Waals surface area contributed by atoms with Crippen molar-refractivity contribution < 1.29 is 4.42 Å². The summed E-state index contributed by atoms with van der Waals surface area (Å²) in [7, 11) is 0. The van der Waals surface area contributed by atoms with Crippen molar-refractivity contribution in [3.63, 3.8) is 0 Å². The third kappa shape index (κ3) is 2.19. The average molecular weight is 214 g/mol. The molecule has 2 rings (SSSR count). The summed E-state index contributed by atoms with van der Waals surface area (Å²) in [5, 5.41) is 11.6. The lowest BCUT2D eigenvalue weighted by Gasteiger charge is -2.07. The van der Waals surface area contributed by atoms with Crippen molar-refractivity contribution in [2.45, 2.75) is 31.2 Å². The Morgan fingerprint density at radius 3 is 3.07 bits per heavy atom. The minimum absolute atomic E-state index is 0.296. The number of rotatable bonds is 3. The third-order valence-electron chi connectivity index (χ3n) is 2.17. The fraction of sp³-hybridized carbons (Fsp3) is 0.750. The zero-order chi connectivity index (χ0) is 9.97. The first kappa shape index (κ1) is 9.79. The zero-order valence-electron chi connectivity index (χ0n) is 8.06. The average Bonchev–Trinajstić information content (AvgIpc) is 2.76. The number of nitrogens with one attached hydrogen (secondary N) is 1. The van der Waals surface area contributed by atoms with Gasteiger partial charge in [-0.2, -0.15) is 11.8 Å². The molecule has 0 saturated carbocycles. The van der Waals surface area contributed by atoms with Crippen LogP contribution in [0.25, 0.3) is 0 Å². The van der Waals surface area contributed by atoms with Gasteiger partial charge in [-0.3, -0.25) is 0 Å². The summed E-state index contributed by atoms with van der Waals surface area (Å²) in [4.78, 5) is 0. The van der Waals surface area contributed by atoms with Crippen LogP contribution in [0.1, 0.15) is 19.2 Å². The molecule has 0 amide bonds. The normalized spacial score (nSPS) is 26.7. The molecule has 2 atom stereocenters. The van der Waals surface area contributed by atoms with Gasteiger partial charge in [0, 0.05) is 17.0 Å². The molecular formula is C8H14N4OS. The highest BCUT2D eigenvalue weighted by Gasteiger charge is 2.23. The maximum absolute atomic E-state index is 5.37. The highest BCUT2D eigenvalue weighted by molar-refractivity contribution is 8.00. The molecule has 1 fully saturated rings. The summed E-state index contributed by atoms with van der Waals surface area (Å²) in [6.07, 6.45) is 1.14. The highest BCUT2D eigenvalue weighted by atomic mass is 32.2. The van der Waals surface area contributed by atoms with E-state index in [1.54, 1.807) is 0 Å². The Bertz CT molecular complexity index is 303. The number of hydrogen-bond donors (Lipinski definition) is 2. The van der Waals surface area contributed by atoms with Gasteiger partial charge in [0.05, 0.1) is 6.54 Å². The molecular weight excluding hydrogens is 200 g/mol. The van der Waals surface area contributed by atoms with Crippen molar-refractivity contribution in [3.05, 3.63) is 5.89 Å². The standard InChI is InChI=1S/C8H14N4OS/c1-5-2-6(4-14-5)10-8-12-11-7(3-9)13-8/h5-6H,2-4,9H2,1H3,(H,10,12).